The van der Waals surface area contributed by atoms with Crippen LogP contribution in [0.3, 0.4) is 0 Å². The summed E-state index contributed by atoms with van der Waals surface area (Å²) in [5.74, 6) is -0.474. The number of benzene rings is 3. The Labute approximate surface area is 190 Å². The molecular weight excluding hydrogens is 425 g/mol. The molecule has 1 aromatic heterocycles. The van der Waals surface area contributed by atoms with E-state index in [0.29, 0.717) is 28.0 Å². The van der Waals surface area contributed by atoms with Crippen molar-refractivity contribution in [1.82, 2.24) is 9.88 Å². The number of nitrogens with zero attached hydrogens (tertiary/aromatic N) is 3. The molecule has 0 atom stereocenters. The van der Waals surface area contributed by atoms with E-state index >= 15 is 0 Å². The van der Waals surface area contributed by atoms with Gasteiger partial charge >= 0.3 is 0 Å². The lowest BCUT2D eigenvalue weighted by Gasteiger charge is -2.28. The molecule has 2 heterocycles. The monoisotopic (exact) mass is 449 g/mol. The zero-order valence-electron chi connectivity index (χ0n) is 17.7. The molecule has 0 radical (unpaired) electrons. The first kappa shape index (κ1) is 21.0. The molecule has 1 aliphatic heterocycles. The summed E-state index contributed by atoms with van der Waals surface area (Å²) in [6.45, 7) is 4.77. The minimum Gasteiger partial charge on any atom is -0.379 e. The van der Waals surface area contributed by atoms with Crippen molar-refractivity contribution in [3.05, 3.63) is 72.0 Å². The topological polar surface area (TPSA) is 45.7 Å². The van der Waals surface area contributed by atoms with Crippen molar-refractivity contribution in [3.8, 4) is 0 Å². The van der Waals surface area contributed by atoms with Crippen LogP contribution in [-0.4, -0.2) is 55.2 Å². The van der Waals surface area contributed by atoms with Crippen molar-refractivity contribution in [2.45, 2.75) is 6.42 Å². The maximum Gasteiger partial charge on any atom is 0.260 e. The Balaban J connectivity index is 1.47. The van der Waals surface area contributed by atoms with Gasteiger partial charge in [-0.25, -0.2) is 9.37 Å². The molecule has 7 heteroatoms. The summed E-state index contributed by atoms with van der Waals surface area (Å²) in [6, 6.07) is 18.0. The molecule has 1 aliphatic rings. The predicted molar refractivity (Wildman–Crippen MR) is 127 cm³/mol. The number of aromatic nitrogens is 1. The van der Waals surface area contributed by atoms with Crippen LogP contribution in [0, 0.1) is 5.82 Å². The lowest BCUT2D eigenvalue weighted by molar-refractivity contribution is 0.0376. The van der Waals surface area contributed by atoms with Crippen molar-refractivity contribution in [3.63, 3.8) is 0 Å². The summed E-state index contributed by atoms with van der Waals surface area (Å²) in [5.41, 5.74) is 1.37. The number of rotatable bonds is 6. The van der Waals surface area contributed by atoms with E-state index in [9.17, 15) is 9.18 Å². The van der Waals surface area contributed by atoms with Crippen LogP contribution in [0.1, 0.15) is 16.8 Å². The number of fused-ring (bicyclic) bond motifs is 2. The number of carbonyl (C=O) groups is 1. The Morgan fingerprint density at radius 3 is 2.59 bits per heavy atom. The lowest BCUT2D eigenvalue weighted by Crippen LogP contribution is -2.39. The van der Waals surface area contributed by atoms with Crippen LogP contribution in [-0.2, 0) is 4.74 Å². The molecule has 164 valence electrons. The van der Waals surface area contributed by atoms with Crippen molar-refractivity contribution in [1.29, 1.82) is 0 Å². The van der Waals surface area contributed by atoms with E-state index < -0.39 is 0 Å². The van der Waals surface area contributed by atoms with Gasteiger partial charge in [0.25, 0.3) is 5.91 Å². The largest absolute Gasteiger partial charge is 0.379 e. The molecule has 0 spiro atoms. The van der Waals surface area contributed by atoms with Crippen LogP contribution in [0.25, 0.3) is 21.0 Å². The van der Waals surface area contributed by atoms with Gasteiger partial charge in [0.15, 0.2) is 5.13 Å². The molecule has 0 saturated carbocycles. The SMILES string of the molecule is O=C(c1ccc(F)c2ccccc12)N(CCCN1CCOCC1)c1nc2ccccc2s1. The first-order valence-corrected chi connectivity index (χ1v) is 11.7. The Morgan fingerprint density at radius 1 is 1.03 bits per heavy atom. The second-order valence-corrected chi connectivity index (χ2v) is 8.88. The van der Waals surface area contributed by atoms with Crippen LogP contribution in [0.2, 0.25) is 0 Å². The van der Waals surface area contributed by atoms with E-state index in [-0.39, 0.29) is 11.7 Å². The summed E-state index contributed by atoms with van der Waals surface area (Å²) in [7, 11) is 0. The van der Waals surface area contributed by atoms with Gasteiger partial charge in [-0.3, -0.25) is 14.6 Å². The molecule has 5 nitrogen and oxygen atoms in total. The molecule has 0 bridgehead atoms. The number of hydrogen-bond donors (Lipinski definition) is 0. The van der Waals surface area contributed by atoms with Gasteiger partial charge in [-0.2, -0.15) is 0 Å². The molecule has 1 fully saturated rings. The molecule has 0 N–H and O–H groups in total. The Bertz CT molecular complexity index is 1220. The van der Waals surface area contributed by atoms with E-state index in [1.807, 2.05) is 30.3 Å². The highest BCUT2D eigenvalue weighted by atomic mass is 32.1. The zero-order valence-corrected chi connectivity index (χ0v) is 18.5. The van der Waals surface area contributed by atoms with Crippen molar-refractivity contribution < 1.29 is 13.9 Å². The van der Waals surface area contributed by atoms with Gasteiger partial charge in [-0.1, -0.05) is 47.7 Å². The summed E-state index contributed by atoms with van der Waals surface area (Å²) in [4.78, 5) is 22.6. The fourth-order valence-corrected chi connectivity index (χ4v) is 5.12. The lowest BCUT2D eigenvalue weighted by atomic mass is 10.0. The standard InChI is InChI=1S/C25H24FN3O2S/c26-21-11-10-20(18-6-1-2-7-19(18)21)24(30)29(13-5-12-28-14-16-31-17-15-28)25-27-22-8-3-4-9-23(22)32-25/h1-4,6-11H,5,12-17H2. The third-order valence-electron chi connectivity index (χ3n) is 5.82. The predicted octanol–water partition coefficient (Wildman–Crippen LogP) is 4.96. The molecule has 32 heavy (non-hydrogen) atoms. The van der Waals surface area contributed by atoms with Gasteiger partial charge in [0.05, 0.1) is 23.4 Å². The number of carbonyl (C=O) groups excluding carboxylic acids is 1. The van der Waals surface area contributed by atoms with E-state index in [0.717, 1.165) is 49.5 Å². The first-order chi connectivity index (χ1) is 15.7. The molecule has 3 aromatic carbocycles. The average Bonchev–Trinajstić information content (AvgIpc) is 3.26. The third-order valence-corrected chi connectivity index (χ3v) is 6.88. The normalized spacial score (nSPS) is 14.8. The maximum absolute atomic E-state index is 14.4. The van der Waals surface area contributed by atoms with E-state index in [4.69, 9.17) is 9.72 Å². The molecule has 0 unspecified atom stereocenters. The number of halogens is 1. The highest BCUT2D eigenvalue weighted by molar-refractivity contribution is 7.22. The Hall–Kier alpha value is -2.87. The summed E-state index contributed by atoms with van der Waals surface area (Å²) in [5, 5.41) is 1.75. The van der Waals surface area contributed by atoms with Crippen molar-refractivity contribution in [2.24, 2.45) is 0 Å². The van der Waals surface area contributed by atoms with Gasteiger partial charge in [0.2, 0.25) is 0 Å². The van der Waals surface area contributed by atoms with Gasteiger partial charge in [0, 0.05) is 37.1 Å². The highest BCUT2D eigenvalue weighted by Gasteiger charge is 2.24. The van der Waals surface area contributed by atoms with E-state index in [2.05, 4.69) is 4.90 Å². The van der Waals surface area contributed by atoms with E-state index in [1.165, 1.54) is 17.4 Å². The minimum absolute atomic E-state index is 0.151. The quantitative estimate of drug-likeness (QED) is 0.418. The number of morpholine rings is 1. The Kier molecular flexibility index (Phi) is 6.12. The van der Waals surface area contributed by atoms with Crippen molar-refractivity contribution in [2.75, 3.05) is 44.3 Å². The number of amides is 1. The van der Waals surface area contributed by atoms with Crippen LogP contribution >= 0.6 is 11.3 Å². The fourth-order valence-electron chi connectivity index (χ4n) is 4.13. The van der Waals surface area contributed by atoms with Gasteiger partial charge in [0.1, 0.15) is 5.82 Å². The molecular formula is C25H24FN3O2S. The number of thiazole rings is 1. The number of ether oxygens (including phenoxy) is 1. The van der Waals surface area contributed by atoms with Gasteiger partial charge in [-0.05, 0) is 36.1 Å². The molecule has 4 aromatic rings. The molecule has 5 rings (SSSR count). The molecule has 1 saturated heterocycles. The van der Waals surface area contributed by atoms with Crippen LogP contribution < -0.4 is 4.90 Å². The number of para-hydroxylation sites is 1. The summed E-state index contributed by atoms with van der Waals surface area (Å²) < 4.78 is 20.8. The third kappa shape index (κ3) is 4.24. The average molecular weight is 450 g/mol. The fraction of sp³-hybridized carbons (Fsp3) is 0.280. The van der Waals surface area contributed by atoms with Crippen LogP contribution in [0.15, 0.2) is 60.7 Å². The van der Waals surface area contributed by atoms with Crippen LogP contribution in [0.4, 0.5) is 9.52 Å². The zero-order chi connectivity index (χ0) is 21.9. The first-order valence-electron chi connectivity index (χ1n) is 10.9. The summed E-state index contributed by atoms with van der Waals surface area (Å²) in [6.07, 6.45) is 0.820. The van der Waals surface area contributed by atoms with Crippen molar-refractivity contribution >= 4 is 43.4 Å². The number of hydrogen-bond acceptors (Lipinski definition) is 5. The number of anilines is 1. The van der Waals surface area contributed by atoms with E-state index in [1.54, 1.807) is 29.2 Å². The second kappa shape index (κ2) is 9.32. The maximum atomic E-state index is 14.4. The smallest absolute Gasteiger partial charge is 0.260 e. The minimum atomic E-state index is -0.323. The second-order valence-electron chi connectivity index (χ2n) is 7.87. The molecule has 1 amide bonds. The Morgan fingerprint density at radius 2 is 1.78 bits per heavy atom. The van der Waals surface area contributed by atoms with Gasteiger partial charge < -0.3 is 4.74 Å². The highest BCUT2D eigenvalue weighted by Crippen LogP contribution is 2.31. The molecule has 0 aliphatic carbocycles. The van der Waals surface area contributed by atoms with Crippen LogP contribution in [0.5, 0.6) is 0 Å². The summed E-state index contributed by atoms with van der Waals surface area (Å²) >= 11 is 1.51. The van der Waals surface area contributed by atoms with Gasteiger partial charge in [-0.15, -0.1) is 0 Å².